The molecule has 3 atom stereocenters. The monoisotopic (exact) mass is 302 g/mol. The lowest BCUT2D eigenvalue weighted by Crippen LogP contribution is -2.47. The highest BCUT2D eigenvalue weighted by molar-refractivity contribution is 5.67. The second-order valence-corrected chi connectivity index (χ2v) is 6.68. The molecule has 0 bridgehead atoms. The number of hydrogen-bond acceptors (Lipinski definition) is 5. The van der Waals surface area contributed by atoms with Gasteiger partial charge in [-0.1, -0.05) is 6.42 Å². The molecule has 0 aromatic rings. The van der Waals surface area contributed by atoms with E-state index in [4.69, 9.17) is 9.47 Å². The van der Waals surface area contributed by atoms with Gasteiger partial charge in [0.1, 0.15) is 5.60 Å². The van der Waals surface area contributed by atoms with E-state index in [1.54, 1.807) is 7.11 Å². The van der Waals surface area contributed by atoms with Crippen molar-refractivity contribution in [2.24, 2.45) is 5.92 Å². The van der Waals surface area contributed by atoms with Crippen molar-refractivity contribution in [1.82, 2.24) is 10.6 Å². The predicted molar refractivity (Wildman–Crippen MR) is 81.3 cm³/mol. The van der Waals surface area contributed by atoms with Crippen molar-refractivity contribution < 1.29 is 19.4 Å². The molecule has 124 valence electrons. The predicted octanol–water partition coefficient (Wildman–Crippen LogP) is 1.28. The summed E-state index contributed by atoms with van der Waals surface area (Å²) in [7, 11) is 1.63. The van der Waals surface area contributed by atoms with Crippen LogP contribution < -0.4 is 10.6 Å². The zero-order chi connectivity index (χ0) is 15.9. The fourth-order valence-electron chi connectivity index (χ4n) is 2.69. The van der Waals surface area contributed by atoms with Crippen LogP contribution in [0, 0.1) is 5.92 Å². The SMILES string of the molecule is COCC(CO)NC1CCCC1CNC(=O)OC(C)(C)C. The van der Waals surface area contributed by atoms with Crippen molar-refractivity contribution >= 4 is 6.09 Å². The van der Waals surface area contributed by atoms with Gasteiger partial charge in [0.2, 0.25) is 0 Å². The smallest absolute Gasteiger partial charge is 0.407 e. The molecule has 0 saturated heterocycles. The number of amides is 1. The minimum absolute atomic E-state index is 0.0521. The Kier molecular flexibility index (Phi) is 7.42. The summed E-state index contributed by atoms with van der Waals surface area (Å²) >= 11 is 0. The topological polar surface area (TPSA) is 79.8 Å². The fourth-order valence-corrected chi connectivity index (χ4v) is 2.69. The number of alkyl carbamates (subject to hydrolysis) is 1. The van der Waals surface area contributed by atoms with Gasteiger partial charge in [0.25, 0.3) is 0 Å². The van der Waals surface area contributed by atoms with E-state index in [2.05, 4.69) is 10.6 Å². The molecule has 0 aliphatic heterocycles. The van der Waals surface area contributed by atoms with Crippen LogP contribution in [0.15, 0.2) is 0 Å². The van der Waals surface area contributed by atoms with Crippen LogP contribution in [-0.4, -0.2) is 55.8 Å². The molecule has 1 fully saturated rings. The summed E-state index contributed by atoms with van der Waals surface area (Å²) in [5.74, 6) is 0.364. The van der Waals surface area contributed by atoms with Crippen LogP contribution in [-0.2, 0) is 9.47 Å². The Labute approximate surface area is 127 Å². The van der Waals surface area contributed by atoms with Crippen LogP contribution in [0.1, 0.15) is 40.0 Å². The summed E-state index contributed by atoms with van der Waals surface area (Å²) in [5.41, 5.74) is -0.474. The van der Waals surface area contributed by atoms with Gasteiger partial charge in [-0.05, 0) is 39.5 Å². The molecule has 0 aromatic carbocycles. The second kappa shape index (κ2) is 8.56. The van der Waals surface area contributed by atoms with Gasteiger partial charge in [0.15, 0.2) is 0 Å². The molecular formula is C15H30N2O4. The van der Waals surface area contributed by atoms with Crippen LogP contribution in [0.2, 0.25) is 0 Å². The van der Waals surface area contributed by atoms with Gasteiger partial charge in [-0.3, -0.25) is 0 Å². The molecule has 1 aliphatic rings. The van der Waals surface area contributed by atoms with E-state index in [0.717, 1.165) is 19.3 Å². The zero-order valence-corrected chi connectivity index (χ0v) is 13.6. The van der Waals surface area contributed by atoms with Crippen molar-refractivity contribution in [2.45, 2.75) is 57.7 Å². The van der Waals surface area contributed by atoms with E-state index in [1.165, 1.54) is 0 Å². The lowest BCUT2D eigenvalue weighted by molar-refractivity contribution is 0.0515. The number of rotatable bonds is 7. The molecule has 0 heterocycles. The molecule has 21 heavy (non-hydrogen) atoms. The Balaban J connectivity index is 2.38. The zero-order valence-electron chi connectivity index (χ0n) is 13.6. The summed E-state index contributed by atoms with van der Waals surface area (Å²) in [6, 6.07) is 0.245. The third-order valence-corrected chi connectivity index (χ3v) is 3.60. The first-order valence-electron chi connectivity index (χ1n) is 7.68. The maximum atomic E-state index is 11.7. The summed E-state index contributed by atoms with van der Waals surface area (Å²) in [6.07, 6.45) is 2.88. The molecule has 6 nitrogen and oxygen atoms in total. The van der Waals surface area contributed by atoms with Gasteiger partial charge in [0.05, 0.1) is 19.3 Å². The average Bonchev–Trinajstić information content (AvgIpc) is 2.81. The fraction of sp³-hybridized carbons (Fsp3) is 0.933. The number of aliphatic hydroxyl groups is 1. The highest BCUT2D eigenvalue weighted by Gasteiger charge is 2.29. The molecule has 0 radical (unpaired) electrons. The normalized spacial score (nSPS) is 23.9. The van der Waals surface area contributed by atoms with Crippen molar-refractivity contribution in [3.63, 3.8) is 0 Å². The van der Waals surface area contributed by atoms with Gasteiger partial charge in [-0.25, -0.2) is 4.79 Å². The molecule has 1 saturated carbocycles. The Morgan fingerprint density at radius 1 is 1.38 bits per heavy atom. The molecule has 1 aliphatic carbocycles. The summed E-state index contributed by atoms with van der Waals surface area (Å²) in [4.78, 5) is 11.7. The summed E-state index contributed by atoms with van der Waals surface area (Å²) < 4.78 is 10.3. The van der Waals surface area contributed by atoms with Gasteiger partial charge < -0.3 is 25.2 Å². The van der Waals surface area contributed by atoms with Gasteiger partial charge in [0, 0.05) is 19.7 Å². The number of ether oxygens (including phenoxy) is 2. The van der Waals surface area contributed by atoms with E-state index < -0.39 is 5.60 Å². The molecule has 0 aromatic heterocycles. The third kappa shape index (κ3) is 7.11. The quantitative estimate of drug-likeness (QED) is 0.660. The van der Waals surface area contributed by atoms with Crippen LogP contribution in [0.3, 0.4) is 0 Å². The number of methoxy groups -OCH3 is 1. The van der Waals surface area contributed by atoms with E-state index in [-0.39, 0.29) is 18.7 Å². The first-order chi connectivity index (χ1) is 9.85. The first-order valence-corrected chi connectivity index (χ1v) is 7.68. The number of carbonyl (C=O) groups excluding carboxylic acids is 1. The molecule has 1 rings (SSSR count). The number of aliphatic hydroxyl groups excluding tert-OH is 1. The minimum atomic E-state index is -0.474. The molecular weight excluding hydrogens is 272 g/mol. The number of nitrogens with one attached hydrogen (secondary N) is 2. The Hall–Kier alpha value is -0.850. The maximum Gasteiger partial charge on any atom is 0.407 e. The van der Waals surface area contributed by atoms with E-state index in [0.29, 0.717) is 25.1 Å². The highest BCUT2D eigenvalue weighted by atomic mass is 16.6. The average molecular weight is 302 g/mol. The first kappa shape index (κ1) is 18.2. The minimum Gasteiger partial charge on any atom is -0.444 e. The standard InChI is InChI=1S/C15H30N2O4/c1-15(2,3)21-14(19)16-8-11-6-5-7-13(11)17-12(9-18)10-20-4/h11-13,17-18H,5-10H2,1-4H3,(H,16,19). The molecule has 3 unspecified atom stereocenters. The van der Waals surface area contributed by atoms with Crippen molar-refractivity contribution in [3.8, 4) is 0 Å². The van der Waals surface area contributed by atoms with Gasteiger partial charge in [-0.15, -0.1) is 0 Å². The molecule has 6 heteroatoms. The Morgan fingerprint density at radius 3 is 2.67 bits per heavy atom. The molecule has 0 spiro atoms. The lowest BCUT2D eigenvalue weighted by Gasteiger charge is -2.26. The van der Waals surface area contributed by atoms with Crippen LogP contribution in [0.5, 0.6) is 0 Å². The van der Waals surface area contributed by atoms with Crippen molar-refractivity contribution in [2.75, 3.05) is 26.9 Å². The summed E-state index contributed by atoms with van der Waals surface area (Å²) in [6.45, 7) is 6.68. The number of hydrogen-bond donors (Lipinski definition) is 3. The van der Waals surface area contributed by atoms with Crippen LogP contribution in [0.25, 0.3) is 0 Å². The van der Waals surface area contributed by atoms with Gasteiger partial charge >= 0.3 is 6.09 Å². The van der Waals surface area contributed by atoms with E-state index >= 15 is 0 Å². The van der Waals surface area contributed by atoms with Gasteiger partial charge in [-0.2, -0.15) is 0 Å². The van der Waals surface area contributed by atoms with Crippen molar-refractivity contribution in [3.05, 3.63) is 0 Å². The third-order valence-electron chi connectivity index (χ3n) is 3.60. The van der Waals surface area contributed by atoms with E-state index in [1.807, 2.05) is 20.8 Å². The number of carbonyl (C=O) groups is 1. The van der Waals surface area contributed by atoms with Crippen LogP contribution >= 0.6 is 0 Å². The second-order valence-electron chi connectivity index (χ2n) is 6.68. The maximum absolute atomic E-state index is 11.7. The summed E-state index contributed by atoms with van der Waals surface area (Å²) in [5, 5.41) is 15.6. The van der Waals surface area contributed by atoms with Crippen LogP contribution in [0.4, 0.5) is 4.79 Å². The Morgan fingerprint density at radius 2 is 2.10 bits per heavy atom. The molecule has 3 N–H and O–H groups in total. The van der Waals surface area contributed by atoms with Crippen molar-refractivity contribution in [1.29, 1.82) is 0 Å². The largest absolute Gasteiger partial charge is 0.444 e. The molecule has 1 amide bonds. The highest BCUT2D eigenvalue weighted by Crippen LogP contribution is 2.25. The Bertz CT molecular complexity index is 317. The lowest BCUT2D eigenvalue weighted by atomic mass is 10.0. The van der Waals surface area contributed by atoms with E-state index in [9.17, 15) is 9.90 Å².